The Balaban J connectivity index is 1.71. The maximum atomic E-state index is 6.48. The number of benzene rings is 1. The van der Waals surface area contributed by atoms with Crippen LogP contribution in [0.2, 0.25) is 0 Å². The second-order valence-electron chi connectivity index (χ2n) is 5.34. The number of anilines is 1. The normalized spacial score (nSPS) is 18.2. The SMILES string of the molecule is CCc1nc(C2(N)CCN(c3ccccc3)CC2)no1. The zero-order chi connectivity index (χ0) is 14.0. The highest BCUT2D eigenvalue weighted by molar-refractivity contribution is 5.46. The third-order valence-corrected chi connectivity index (χ3v) is 3.99. The van der Waals surface area contributed by atoms with Gasteiger partial charge < -0.3 is 15.2 Å². The molecule has 0 saturated carbocycles. The van der Waals surface area contributed by atoms with Crippen molar-refractivity contribution in [1.82, 2.24) is 10.1 Å². The number of piperidine rings is 1. The number of hydrogen-bond acceptors (Lipinski definition) is 5. The fourth-order valence-electron chi connectivity index (χ4n) is 2.63. The lowest BCUT2D eigenvalue weighted by Gasteiger charge is -2.38. The second kappa shape index (κ2) is 5.25. The summed E-state index contributed by atoms with van der Waals surface area (Å²) in [6.07, 6.45) is 2.42. The third kappa shape index (κ3) is 2.41. The molecule has 1 aliphatic rings. The van der Waals surface area contributed by atoms with Crippen LogP contribution in [0.15, 0.2) is 34.9 Å². The van der Waals surface area contributed by atoms with E-state index in [0.29, 0.717) is 11.7 Å². The summed E-state index contributed by atoms with van der Waals surface area (Å²) in [6.45, 7) is 3.82. The summed E-state index contributed by atoms with van der Waals surface area (Å²) in [6, 6.07) is 10.4. The van der Waals surface area contributed by atoms with Crippen LogP contribution in [0.1, 0.15) is 31.5 Å². The van der Waals surface area contributed by atoms with Crippen molar-refractivity contribution in [3.05, 3.63) is 42.0 Å². The molecular formula is C15H20N4O. The number of aryl methyl sites for hydroxylation is 1. The van der Waals surface area contributed by atoms with E-state index in [1.165, 1.54) is 5.69 Å². The molecule has 2 aromatic rings. The molecule has 20 heavy (non-hydrogen) atoms. The molecule has 0 unspecified atom stereocenters. The van der Waals surface area contributed by atoms with E-state index < -0.39 is 5.54 Å². The van der Waals surface area contributed by atoms with Gasteiger partial charge in [-0.1, -0.05) is 30.3 Å². The molecule has 5 nitrogen and oxygen atoms in total. The fourth-order valence-corrected chi connectivity index (χ4v) is 2.63. The first-order chi connectivity index (χ1) is 9.71. The van der Waals surface area contributed by atoms with Gasteiger partial charge in [0.2, 0.25) is 5.89 Å². The smallest absolute Gasteiger partial charge is 0.226 e. The first-order valence-electron chi connectivity index (χ1n) is 7.13. The summed E-state index contributed by atoms with van der Waals surface area (Å²) in [5.41, 5.74) is 7.27. The molecule has 1 aliphatic heterocycles. The van der Waals surface area contributed by atoms with E-state index in [1.807, 2.05) is 13.0 Å². The molecule has 1 fully saturated rings. The molecular weight excluding hydrogens is 252 g/mol. The molecule has 0 atom stereocenters. The van der Waals surface area contributed by atoms with Crippen LogP contribution in [0, 0.1) is 0 Å². The monoisotopic (exact) mass is 272 g/mol. The third-order valence-electron chi connectivity index (χ3n) is 3.99. The molecule has 0 bridgehead atoms. The molecule has 5 heteroatoms. The van der Waals surface area contributed by atoms with Crippen LogP contribution in [-0.2, 0) is 12.0 Å². The van der Waals surface area contributed by atoms with Crippen LogP contribution in [0.25, 0.3) is 0 Å². The lowest BCUT2D eigenvalue weighted by Crippen LogP contribution is -2.49. The molecule has 1 saturated heterocycles. The number of aromatic nitrogens is 2. The van der Waals surface area contributed by atoms with Crippen molar-refractivity contribution in [3.63, 3.8) is 0 Å². The van der Waals surface area contributed by atoms with Crippen LogP contribution < -0.4 is 10.6 Å². The number of rotatable bonds is 3. The van der Waals surface area contributed by atoms with Crippen molar-refractivity contribution in [2.45, 2.75) is 31.7 Å². The number of para-hydroxylation sites is 1. The lowest BCUT2D eigenvalue weighted by molar-refractivity contribution is 0.302. The largest absolute Gasteiger partial charge is 0.371 e. The maximum Gasteiger partial charge on any atom is 0.226 e. The van der Waals surface area contributed by atoms with Crippen LogP contribution in [0.4, 0.5) is 5.69 Å². The van der Waals surface area contributed by atoms with Crippen molar-refractivity contribution < 1.29 is 4.52 Å². The Morgan fingerprint density at radius 3 is 2.55 bits per heavy atom. The highest BCUT2D eigenvalue weighted by Gasteiger charge is 2.36. The topological polar surface area (TPSA) is 68.2 Å². The van der Waals surface area contributed by atoms with Gasteiger partial charge in [-0.2, -0.15) is 4.98 Å². The average molecular weight is 272 g/mol. The Kier molecular flexibility index (Phi) is 3.44. The van der Waals surface area contributed by atoms with Gasteiger partial charge in [0.15, 0.2) is 5.82 Å². The minimum Gasteiger partial charge on any atom is -0.371 e. The molecule has 106 valence electrons. The zero-order valence-electron chi connectivity index (χ0n) is 11.7. The van der Waals surface area contributed by atoms with E-state index in [4.69, 9.17) is 10.3 Å². The predicted molar refractivity (Wildman–Crippen MR) is 77.4 cm³/mol. The standard InChI is InChI=1S/C15H20N4O/c1-2-13-17-14(18-20-13)15(16)8-10-19(11-9-15)12-6-4-3-5-7-12/h3-7H,2,8-11,16H2,1H3. The lowest BCUT2D eigenvalue weighted by atomic mass is 9.87. The van der Waals surface area contributed by atoms with E-state index in [1.54, 1.807) is 0 Å². The minimum atomic E-state index is -0.456. The van der Waals surface area contributed by atoms with Crippen molar-refractivity contribution in [3.8, 4) is 0 Å². The summed E-state index contributed by atoms with van der Waals surface area (Å²) in [4.78, 5) is 6.75. The minimum absolute atomic E-state index is 0.456. The summed E-state index contributed by atoms with van der Waals surface area (Å²) >= 11 is 0. The Morgan fingerprint density at radius 1 is 1.25 bits per heavy atom. The Labute approximate surface area is 118 Å². The molecule has 2 heterocycles. The van der Waals surface area contributed by atoms with Gasteiger partial charge in [0, 0.05) is 25.2 Å². The Bertz CT molecular complexity index is 558. The molecule has 1 aromatic carbocycles. The number of nitrogens with two attached hydrogens (primary N) is 1. The molecule has 0 aliphatic carbocycles. The molecule has 0 radical (unpaired) electrons. The van der Waals surface area contributed by atoms with E-state index in [-0.39, 0.29) is 0 Å². The second-order valence-corrected chi connectivity index (χ2v) is 5.34. The zero-order valence-corrected chi connectivity index (χ0v) is 11.7. The first-order valence-corrected chi connectivity index (χ1v) is 7.13. The fraction of sp³-hybridized carbons (Fsp3) is 0.467. The molecule has 3 rings (SSSR count). The predicted octanol–water partition coefficient (Wildman–Crippen LogP) is 2.09. The van der Waals surface area contributed by atoms with Crippen LogP contribution >= 0.6 is 0 Å². The molecule has 0 spiro atoms. The number of nitrogens with zero attached hydrogens (tertiary/aromatic N) is 3. The summed E-state index contributed by atoms with van der Waals surface area (Å²) in [7, 11) is 0. The average Bonchev–Trinajstić information content (AvgIpc) is 2.99. The van der Waals surface area contributed by atoms with Crippen LogP contribution in [-0.4, -0.2) is 23.2 Å². The van der Waals surface area contributed by atoms with Gasteiger partial charge in [-0.25, -0.2) is 0 Å². The Morgan fingerprint density at radius 2 is 1.95 bits per heavy atom. The van der Waals surface area contributed by atoms with Gasteiger partial charge in [0.25, 0.3) is 0 Å². The summed E-state index contributed by atoms with van der Waals surface area (Å²) in [5.74, 6) is 1.32. The molecule has 1 aromatic heterocycles. The van der Waals surface area contributed by atoms with E-state index in [9.17, 15) is 0 Å². The Hall–Kier alpha value is -1.88. The van der Waals surface area contributed by atoms with Crippen LogP contribution in [0.5, 0.6) is 0 Å². The van der Waals surface area contributed by atoms with Crippen molar-refractivity contribution in [2.24, 2.45) is 5.73 Å². The quantitative estimate of drug-likeness (QED) is 0.926. The van der Waals surface area contributed by atoms with Gasteiger partial charge in [-0.05, 0) is 25.0 Å². The van der Waals surface area contributed by atoms with E-state index >= 15 is 0 Å². The van der Waals surface area contributed by atoms with Gasteiger partial charge >= 0.3 is 0 Å². The maximum absolute atomic E-state index is 6.48. The van der Waals surface area contributed by atoms with E-state index in [0.717, 1.165) is 32.4 Å². The van der Waals surface area contributed by atoms with Crippen molar-refractivity contribution in [1.29, 1.82) is 0 Å². The summed E-state index contributed by atoms with van der Waals surface area (Å²) in [5, 5.41) is 4.05. The molecule has 0 amide bonds. The first kappa shape index (κ1) is 13.1. The van der Waals surface area contributed by atoms with Gasteiger partial charge in [-0.3, -0.25) is 0 Å². The van der Waals surface area contributed by atoms with Gasteiger partial charge in [0.05, 0.1) is 5.54 Å². The highest BCUT2D eigenvalue weighted by atomic mass is 16.5. The highest BCUT2D eigenvalue weighted by Crippen LogP contribution is 2.30. The van der Waals surface area contributed by atoms with Crippen molar-refractivity contribution in [2.75, 3.05) is 18.0 Å². The van der Waals surface area contributed by atoms with Gasteiger partial charge in [0.1, 0.15) is 0 Å². The number of hydrogen-bond donors (Lipinski definition) is 1. The van der Waals surface area contributed by atoms with Crippen molar-refractivity contribution >= 4 is 5.69 Å². The van der Waals surface area contributed by atoms with Crippen LogP contribution in [0.3, 0.4) is 0 Å². The van der Waals surface area contributed by atoms with E-state index in [2.05, 4.69) is 39.3 Å². The molecule has 2 N–H and O–H groups in total. The van der Waals surface area contributed by atoms with Gasteiger partial charge in [-0.15, -0.1) is 0 Å². The summed E-state index contributed by atoms with van der Waals surface area (Å²) < 4.78 is 5.19.